The predicted molar refractivity (Wildman–Crippen MR) is 101 cm³/mol. The molecule has 1 saturated heterocycles. The van der Waals surface area contributed by atoms with E-state index in [2.05, 4.69) is 27.6 Å². The van der Waals surface area contributed by atoms with Crippen molar-refractivity contribution in [2.24, 2.45) is 5.92 Å². The summed E-state index contributed by atoms with van der Waals surface area (Å²) < 4.78 is 15.4. The Morgan fingerprint density at radius 1 is 1.24 bits per heavy atom. The summed E-state index contributed by atoms with van der Waals surface area (Å²) in [6.45, 7) is 1.00. The molecular weight excluding hydrogens is 436 g/mol. The standard InChI is InChI=1S/C18H17FIN3O2/c19-14-9-12(3-4-13(14)17(24)11-1-2-11)22-7-8-23(18(22)25)16-10-21-6-5-15(16)20/h3-6,9-11,17,24H,1-2,7-8H2. The average molecular weight is 453 g/mol. The Hall–Kier alpha value is -1.74. The van der Waals surface area contributed by atoms with Gasteiger partial charge in [-0.1, -0.05) is 6.07 Å². The molecular formula is C18H17FIN3O2. The van der Waals surface area contributed by atoms with E-state index in [0.29, 0.717) is 24.3 Å². The molecule has 0 spiro atoms. The molecule has 4 rings (SSSR count). The highest BCUT2D eigenvalue weighted by atomic mass is 127. The second kappa shape index (κ2) is 6.53. The van der Waals surface area contributed by atoms with Crippen molar-refractivity contribution in [2.45, 2.75) is 18.9 Å². The molecule has 7 heteroatoms. The molecule has 25 heavy (non-hydrogen) atoms. The van der Waals surface area contributed by atoms with Gasteiger partial charge in [-0.15, -0.1) is 0 Å². The van der Waals surface area contributed by atoms with E-state index in [4.69, 9.17) is 0 Å². The third-order valence-corrected chi connectivity index (χ3v) is 5.64. The molecule has 1 atom stereocenters. The smallest absolute Gasteiger partial charge is 0.329 e. The fraction of sp³-hybridized carbons (Fsp3) is 0.333. The second-order valence-electron chi connectivity index (χ2n) is 6.40. The SMILES string of the molecule is O=C1N(c2ccc(C(O)C3CC3)c(F)c2)CCN1c1cnccc1I. The first kappa shape index (κ1) is 16.7. The number of anilines is 2. The Morgan fingerprint density at radius 2 is 2.00 bits per heavy atom. The van der Waals surface area contributed by atoms with Gasteiger partial charge in [-0.25, -0.2) is 9.18 Å². The minimum Gasteiger partial charge on any atom is -0.388 e. The zero-order chi connectivity index (χ0) is 17.6. The first-order valence-electron chi connectivity index (χ1n) is 8.22. The summed E-state index contributed by atoms with van der Waals surface area (Å²) in [4.78, 5) is 20.0. The molecule has 2 fully saturated rings. The van der Waals surface area contributed by atoms with Gasteiger partial charge in [-0.2, -0.15) is 0 Å². The highest BCUT2D eigenvalue weighted by Gasteiger charge is 2.34. The summed E-state index contributed by atoms with van der Waals surface area (Å²) in [6.07, 6.45) is 4.47. The number of hydrogen-bond acceptors (Lipinski definition) is 3. The lowest BCUT2D eigenvalue weighted by Gasteiger charge is -2.20. The summed E-state index contributed by atoms with van der Waals surface area (Å²) in [5, 5.41) is 10.1. The molecule has 1 unspecified atom stereocenters. The van der Waals surface area contributed by atoms with Gasteiger partial charge in [0.2, 0.25) is 0 Å². The van der Waals surface area contributed by atoms with Gasteiger partial charge < -0.3 is 5.11 Å². The number of rotatable bonds is 4. The highest BCUT2D eigenvalue weighted by molar-refractivity contribution is 14.1. The van der Waals surface area contributed by atoms with Gasteiger partial charge in [0, 0.05) is 34.1 Å². The molecule has 1 aromatic heterocycles. The first-order chi connectivity index (χ1) is 12.1. The minimum absolute atomic E-state index is 0.164. The normalized spacial score (nSPS) is 18.8. The lowest BCUT2D eigenvalue weighted by molar-refractivity contribution is 0.149. The number of urea groups is 1. The molecule has 1 aliphatic carbocycles. The molecule has 2 aliphatic rings. The van der Waals surface area contributed by atoms with E-state index in [0.717, 1.165) is 22.1 Å². The Labute approximate surface area is 158 Å². The van der Waals surface area contributed by atoms with Crippen molar-refractivity contribution in [1.29, 1.82) is 0 Å². The van der Waals surface area contributed by atoms with E-state index in [1.54, 1.807) is 34.3 Å². The van der Waals surface area contributed by atoms with Crippen LogP contribution in [-0.4, -0.2) is 29.2 Å². The summed E-state index contributed by atoms with van der Waals surface area (Å²) in [7, 11) is 0. The van der Waals surface area contributed by atoms with Crippen LogP contribution in [0.3, 0.4) is 0 Å². The fourth-order valence-corrected chi connectivity index (χ4v) is 3.75. The van der Waals surface area contributed by atoms with Crippen LogP contribution >= 0.6 is 22.6 Å². The summed E-state index contributed by atoms with van der Waals surface area (Å²) in [6, 6.07) is 6.30. The van der Waals surface area contributed by atoms with Gasteiger partial charge in [0.25, 0.3) is 0 Å². The molecule has 1 N–H and O–H groups in total. The van der Waals surface area contributed by atoms with Crippen LogP contribution in [0.15, 0.2) is 36.7 Å². The van der Waals surface area contributed by atoms with Gasteiger partial charge in [-0.3, -0.25) is 14.8 Å². The van der Waals surface area contributed by atoms with Crippen molar-refractivity contribution < 1.29 is 14.3 Å². The third kappa shape index (κ3) is 3.10. The van der Waals surface area contributed by atoms with Crippen molar-refractivity contribution in [3.8, 4) is 0 Å². The van der Waals surface area contributed by atoms with E-state index >= 15 is 0 Å². The van der Waals surface area contributed by atoms with Crippen LogP contribution in [0.1, 0.15) is 24.5 Å². The van der Waals surface area contributed by atoms with Gasteiger partial charge in [0.05, 0.1) is 18.0 Å². The number of pyridine rings is 1. The largest absolute Gasteiger partial charge is 0.388 e. The third-order valence-electron chi connectivity index (χ3n) is 4.73. The number of aliphatic hydroxyl groups is 1. The molecule has 2 aromatic rings. The Bertz CT molecular complexity index is 828. The van der Waals surface area contributed by atoms with Crippen LogP contribution in [0, 0.1) is 15.3 Å². The maximum absolute atomic E-state index is 14.4. The maximum Gasteiger partial charge on any atom is 0.329 e. The number of hydrogen-bond donors (Lipinski definition) is 1. The van der Waals surface area contributed by atoms with Gasteiger partial charge >= 0.3 is 6.03 Å². The summed E-state index contributed by atoms with van der Waals surface area (Å²) >= 11 is 2.17. The molecule has 1 aromatic carbocycles. The highest BCUT2D eigenvalue weighted by Crippen LogP contribution is 2.42. The van der Waals surface area contributed by atoms with Crippen molar-refractivity contribution in [3.05, 3.63) is 51.6 Å². The van der Waals surface area contributed by atoms with Crippen molar-refractivity contribution >= 4 is 40.0 Å². The van der Waals surface area contributed by atoms with Crippen LogP contribution in [0.5, 0.6) is 0 Å². The molecule has 2 heterocycles. The first-order valence-corrected chi connectivity index (χ1v) is 9.30. The van der Waals surface area contributed by atoms with Crippen molar-refractivity contribution in [2.75, 3.05) is 22.9 Å². The van der Waals surface area contributed by atoms with E-state index in [-0.39, 0.29) is 11.9 Å². The van der Waals surface area contributed by atoms with Crippen LogP contribution in [0.2, 0.25) is 0 Å². The molecule has 2 amide bonds. The molecule has 1 saturated carbocycles. The predicted octanol–water partition coefficient (Wildman–Crippen LogP) is 3.72. The number of halogens is 2. The number of aliphatic hydroxyl groups excluding tert-OH is 1. The number of carbonyl (C=O) groups is 1. The second-order valence-corrected chi connectivity index (χ2v) is 7.56. The zero-order valence-corrected chi connectivity index (χ0v) is 15.6. The van der Waals surface area contributed by atoms with Crippen LogP contribution in [-0.2, 0) is 0 Å². The Balaban J connectivity index is 1.57. The molecule has 0 bridgehead atoms. The molecule has 0 radical (unpaired) electrons. The fourth-order valence-electron chi connectivity index (χ4n) is 3.16. The van der Waals surface area contributed by atoms with Crippen LogP contribution in [0.25, 0.3) is 0 Å². The zero-order valence-electron chi connectivity index (χ0n) is 13.4. The monoisotopic (exact) mass is 453 g/mol. The van der Waals surface area contributed by atoms with E-state index < -0.39 is 11.9 Å². The summed E-state index contributed by atoms with van der Waals surface area (Å²) in [5.74, 6) is -0.295. The number of nitrogens with zero attached hydrogens (tertiary/aromatic N) is 3. The van der Waals surface area contributed by atoms with E-state index in [1.165, 1.54) is 6.07 Å². The van der Waals surface area contributed by atoms with E-state index in [1.807, 2.05) is 6.07 Å². The van der Waals surface area contributed by atoms with Crippen molar-refractivity contribution in [3.63, 3.8) is 0 Å². The average Bonchev–Trinajstić information content (AvgIpc) is 3.38. The van der Waals surface area contributed by atoms with Gasteiger partial charge in [0.15, 0.2) is 0 Å². The van der Waals surface area contributed by atoms with Crippen LogP contribution in [0.4, 0.5) is 20.6 Å². The number of aromatic nitrogens is 1. The molecule has 5 nitrogen and oxygen atoms in total. The number of amides is 2. The topological polar surface area (TPSA) is 56.7 Å². The number of benzene rings is 1. The Kier molecular flexibility index (Phi) is 4.36. The maximum atomic E-state index is 14.4. The van der Waals surface area contributed by atoms with Gasteiger partial charge in [-0.05, 0) is 59.5 Å². The molecule has 1 aliphatic heterocycles. The minimum atomic E-state index is -0.753. The lowest BCUT2D eigenvalue weighted by Crippen LogP contribution is -2.32. The van der Waals surface area contributed by atoms with E-state index in [9.17, 15) is 14.3 Å². The number of carbonyl (C=O) groups excluding carboxylic acids is 1. The van der Waals surface area contributed by atoms with Crippen LogP contribution < -0.4 is 9.80 Å². The summed E-state index contributed by atoms with van der Waals surface area (Å²) in [5.41, 5.74) is 1.59. The Morgan fingerprint density at radius 3 is 2.68 bits per heavy atom. The van der Waals surface area contributed by atoms with Crippen molar-refractivity contribution in [1.82, 2.24) is 4.98 Å². The molecule has 130 valence electrons. The van der Waals surface area contributed by atoms with Gasteiger partial charge in [0.1, 0.15) is 5.82 Å². The lowest BCUT2D eigenvalue weighted by atomic mass is 10.0. The quantitative estimate of drug-likeness (QED) is 0.719.